The first-order valence-corrected chi connectivity index (χ1v) is 5.83. The van der Waals surface area contributed by atoms with Gasteiger partial charge in [-0.05, 0) is 32.0 Å². The maximum absolute atomic E-state index is 13.5. The van der Waals surface area contributed by atoms with Gasteiger partial charge in [-0.2, -0.15) is 5.10 Å². The monoisotopic (exact) mass is 278 g/mol. The molecule has 0 aliphatic carbocycles. The van der Waals surface area contributed by atoms with Crippen molar-refractivity contribution in [3.8, 4) is 0 Å². The molecule has 0 saturated carbocycles. The Morgan fingerprint density at radius 3 is 2.60 bits per heavy atom. The molecule has 1 aromatic heterocycles. The number of rotatable bonds is 3. The fraction of sp³-hybridized carbons (Fsp3) is 0.143. The topological polar surface area (TPSA) is 54.6 Å². The van der Waals surface area contributed by atoms with E-state index in [0.29, 0.717) is 11.3 Å². The van der Waals surface area contributed by atoms with Crippen LogP contribution in [-0.4, -0.2) is 11.6 Å². The first-order chi connectivity index (χ1) is 9.49. The molecule has 2 rings (SSSR count). The summed E-state index contributed by atoms with van der Waals surface area (Å²) in [5.74, 6) is -1.40. The Hall–Kier alpha value is -2.50. The molecule has 0 fully saturated rings. The second-order valence-corrected chi connectivity index (χ2v) is 4.15. The highest BCUT2D eigenvalue weighted by molar-refractivity contribution is 6.01. The van der Waals surface area contributed by atoms with Crippen LogP contribution in [0, 0.1) is 18.6 Å². The summed E-state index contributed by atoms with van der Waals surface area (Å²) in [5, 5.41) is 3.79. The average Bonchev–Trinajstić information content (AvgIpc) is 2.82. The highest BCUT2D eigenvalue weighted by atomic mass is 19.1. The van der Waals surface area contributed by atoms with Crippen molar-refractivity contribution < 1.29 is 18.0 Å². The number of furan rings is 1. The molecular formula is C14H12F2N2O2. The van der Waals surface area contributed by atoms with Crippen LogP contribution in [0.25, 0.3) is 0 Å². The molecule has 1 amide bonds. The Balaban J connectivity index is 2.15. The highest BCUT2D eigenvalue weighted by Gasteiger charge is 2.11. The van der Waals surface area contributed by atoms with Gasteiger partial charge in [-0.15, -0.1) is 0 Å². The molecule has 0 atom stereocenters. The third-order valence-corrected chi connectivity index (χ3v) is 2.75. The first kappa shape index (κ1) is 13.9. The lowest BCUT2D eigenvalue weighted by atomic mass is 10.1. The van der Waals surface area contributed by atoms with E-state index in [4.69, 9.17) is 4.42 Å². The summed E-state index contributed by atoms with van der Waals surface area (Å²) < 4.78 is 31.3. The van der Waals surface area contributed by atoms with Gasteiger partial charge in [0.15, 0.2) is 0 Å². The summed E-state index contributed by atoms with van der Waals surface area (Å²) in [5.41, 5.74) is 3.00. The van der Waals surface area contributed by atoms with Crippen molar-refractivity contribution in [3.05, 3.63) is 59.1 Å². The molecule has 0 aliphatic heterocycles. The van der Waals surface area contributed by atoms with Crippen molar-refractivity contribution in [3.63, 3.8) is 0 Å². The van der Waals surface area contributed by atoms with Crippen molar-refractivity contribution in [1.29, 1.82) is 0 Å². The Morgan fingerprint density at radius 2 is 2.00 bits per heavy atom. The molecule has 104 valence electrons. The zero-order valence-corrected chi connectivity index (χ0v) is 10.9. The molecule has 20 heavy (non-hydrogen) atoms. The Labute approximate surface area is 114 Å². The Morgan fingerprint density at radius 1 is 1.25 bits per heavy atom. The van der Waals surface area contributed by atoms with Crippen LogP contribution >= 0.6 is 0 Å². The van der Waals surface area contributed by atoms with Gasteiger partial charge in [0.2, 0.25) is 0 Å². The lowest BCUT2D eigenvalue weighted by molar-refractivity contribution is 0.0953. The summed E-state index contributed by atoms with van der Waals surface area (Å²) in [6.07, 6.45) is 1.39. The van der Waals surface area contributed by atoms with Gasteiger partial charge in [0.25, 0.3) is 5.91 Å². The van der Waals surface area contributed by atoms with Gasteiger partial charge in [-0.25, -0.2) is 14.2 Å². The number of carbonyl (C=O) groups excluding carboxylic acids is 1. The van der Waals surface area contributed by atoms with Crippen LogP contribution in [0.5, 0.6) is 0 Å². The number of halogens is 2. The molecule has 0 saturated heterocycles. The standard InChI is InChI=1S/C14H12F2N2O2/c1-8(11-4-3-10(15)7-13(11)16)17-18-14(19)12-5-6-20-9(12)2/h3-7H,1-2H3,(H,18,19)/b17-8-. The summed E-state index contributed by atoms with van der Waals surface area (Å²) in [4.78, 5) is 11.8. The lowest BCUT2D eigenvalue weighted by Crippen LogP contribution is -2.19. The number of amides is 1. The molecule has 0 unspecified atom stereocenters. The maximum Gasteiger partial charge on any atom is 0.274 e. The van der Waals surface area contributed by atoms with E-state index in [0.717, 1.165) is 12.1 Å². The fourth-order valence-electron chi connectivity index (χ4n) is 1.66. The third kappa shape index (κ3) is 2.90. The molecular weight excluding hydrogens is 266 g/mol. The van der Waals surface area contributed by atoms with Gasteiger partial charge >= 0.3 is 0 Å². The van der Waals surface area contributed by atoms with Gasteiger partial charge in [-0.1, -0.05) is 0 Å². The fourth-order valence-corrected chi connectivity index (χ4v) is 1.66. The van der Waals surface area contributed by atoms with Crippen molar-refractivity contribution in [1.82, 2.24) is 5.43 Å². The van der Waals surface area contributed by atoms with Crippen molar-refractivity contribution in [2.24, 2.45) is 5.10 Å². The van der Waals surface area contributed by atoms with E-state index in [9.17, 15) is 13.6 Å². The zero-order chi connectivity index (χ0) is 14.7. The largest absolute Gasteiger partial charge is 0.469 e. The summed E-state index contributed by atoms with van der Waals surface area (Å²) in [7, 11) is 0. The van der Waals surface area contributed by atoms with E-state index in [1.165, 1.54) is 25.3 Å². The SMILES string of the molecule is C/C(=N/NC(=O)c1ccoc1C)c1ccc(F)cc1F. The number of carbonyl (C=O) groups is 1. The Kier molecular flexibility index (Phi) is 3.93. The minimum absolute atomic E-state index is 0.121. The third-order valence-electron chi connectivity index (χ3n) is 2.75. The number of hydrogen-bond acceptors (Lipinski definition) is 3. The van der Waals surface area contributed by atoms with Gasteiger partial charge in [0.1, 0.15) is 17.4 Å². The van der Waals surface area contributed by atoms with Gasteiger partial charge < -0.3 is 4.42 Å². The second kappa shape index (κ2) is 5.64. The smallest absolute Gasteiger partial charge is 0.274 e. The second-order valence-electron chi connectivity index (χ2n) is 4.15. The molecule has 1 heterocycles. The van der Waals surface area contributed by atoms with Gasteiger partial charge in [0, 0.05) is 11.6 Å². The van der Waals surface area contributed by atoms with E-state index < -0.39 is 17.5 Å². The van der Waals surface area contributed by atoms with E-state index >= 15 is 0 Å². The van der Waals surface area contributed by atoms with Crippen LogP contribution in [0.2, 0.25) is 0 Å². The molecule has 4 nitrogen and oxygen atoms in total. The molecule has 2 aromatic rings. The first-order valence-electron chi connectivity index (χ1n) is 5.83. The summed E-state index contributed by atoms with van der Waals surface area (Å²) in [6.45, 7) is 3.16. The minimum Gasteiger partial charge on any atom is -0.469 e. The molecule has 0 aliphatic rings. The van der Waals surface area contributed by atoms with E-state index in [2.05, 4.69) is 10.5 Å². The number of hydrazone groups is 1. The van der Waals surface area contributed by atoms with Crippen LogP contribution < -0.4 is 5.43 Å². The Bertz CT molecular complexity index is 678. The van der Waals surface area contributed by atoms with Crippen molar-refractivity contribution >= 4 is 11.6 Å². The molecule has 1 aromatic carbocycles. The van der Waals surface area contributed by atoms with Crippen LogP contribution in [0.1, 0.15) is 28.6 Å². The maximum atomic E-state index is 13.5. The average molecular weight is 278 g/mol. The number of nitrogens with zero attached hydrogens (tertiary/aromatic N) is 1. The van der Waals surface area contributed by atoms with E-state index in [-0.39, 0.29) is 11.3 Å². The van der Waals surface area contributed by atoms with Crippen LogP contribution in [-0.2, 0) is 0 Å². The normalized spacial score (nSPS) is 11.5. The van der Waals surface area contributed by atoms with E-state index in [1.807, 2.05) is 0 Å². The van der Waals surface area contributed by atoms with Gasteiger partial charge in [-0.3, -0.25) is 4.79 Å². The molecule has 0 radical (unpaired) electrons. The number of hydrogen-bond donors (Lipinski definition) is 1. The molecule has 0 bridgehead atoms. The van der Waals surface area contributed by atoms with E-state index in [1.54, 1.807) is 6.92 Å². The zero-order valence-electron chi connectivity index (χ0n) is 10.9. The van der Waals surface area contributed by atoms with Gasteiger partial charge in [0.05, 0.1) is 17.5 Å². The molecule has 1 N–H and O–H groups in total. The predicted molar refractivity (Wildman–Crippen MR) is 69.5 cm³/mol. The van der Waals surface area contributed by atoms with Crippen LogP contribution in [0.15, 0.2) is 40.0 Å². The van der Waals surface area contributed by atoms with Crippen molar-refractivity contribution in [2.45, 2.75) is 13.8 Å². The molecule has 0 spiro atoms. The van der Waals surface area contributed by atoms with Crippen molar-refractivity contribution in [2.75, 3.05) is 0 Å². The number of aryl methyl sites for hydroxylation is 1. The van der Waals surface area contributed by atoms with Crippen LogP contribution in [0.3, 0.4) is 0 Å². The summed E-state index contributed by atoms with van der Waals surface area (Å²) >= 11 is 0. The highest BCUT2D eigenvalue weighted by Crippen LogP contribution is 2.11. The number of benzene rings is 1. The minimum atomic E-state index is -0.736. The number of nitrogens with one attached hydrogen (secondary N) is 1. The predicted octanol–water partition coefficient (Wildman–Crippen LogP) is 3.02. The lowest BCUT2D eigenvalue weighted by Gasteiger charge is -2.04. The van der Waals surface area contributed by atoms with Crippen LogP contribution in [0.4, 0.5) is 8.78 Å². The quantitative estimate of drug-likeness (QED) is 0.693. The molecule has 6 heteroatoms. The summed E-state index contributed by atoms with van der Waals surface area (Å²) in [6, 6.07) is 4.66.